The SMILES string of the molecule is CCOCCOCCOCCOCCOCCOCCOCCOCCOCCOCCNC. The predicted octanol–water partition coefficient (Wildman–Crippen LogP) is 0.392. The second-order valence-corrected chi connectivity index (χ2v) is 6.81. The fraction of sp³-hybridized carbons (Fsp3) is 1.00. The van der Waals surface area contributed by atoms with Crippen LogP contribution in [0.2, 0.25) is 0 Å². The highest BCUT2D eigenvalue weighted by molar-refractivity contribution is 4.39. The zero-order valence-corrected chi connectivity index (χ0v) is 21.4. The third kappa shape index (κ3) is 31.6. The summed E-state index contributed by atoms with van der Waals surface area (Å²) in [6, 6.07) is 0. The second-order valence-electron chi connectivity index (χ2n) is 6.81. The highest BCUT2D eigenvalue weighted by atomic mass is 16.6. The van der Waals surface area contributed by atoms with Crippen LogP contribution in [0.15, 0.2) is 0 Å². The van der Waals surface area contributed by atoms with Gasteiger partial charge in [0.15, 0.2) is 0 Å². The molecule has 1 N–H and O–H groups in total. The van der Waals surface area contributed by atoms with Gasteiger partial charge < -0.3 is 52.7 Å². The van der Waals surface area contributed by atoms with E-state index in [2.05, 4.69) is 5.32 Å². The van der Waals surface area contributed by atoms with E-state index in [-0.39, 0.29) is 0 Å². The molecule has 0 aromatic rings. The molecule has 0 amide bonds. The first kappa shape index (κ1) is 33.6. The molecule has 0 bridgehead atoms. The zero-order chi connectivity index (χ0) is 24.6. The van der Waals surface area contributed by atoms with Gasteiger partial charge in [0.1, 0.15) is 0 Å². The number of hydrogen-bond acceptors (Lipinski definition) is 11. The Hall–Kier alpha value is -0.440. The van der Waals surface area contributed by atoms with Gasteiger partial charge in [-0.05, 0) is 14.0 Å². The van der Waals surface area contributed by atoms with Gasteiger partial charge in [-0.25, -0.2) is 0 Å². The van der Waals surface area contributed by atoms with Crippen molar-refractivity contribution in [3.05, 3.63) is 0 Å². The molecule has 0 heterocycles. The fourth-order valence-corrected chi connectivity index (χ4v) is 2.30. The molecule has 0 fully saturated rings. The van der Waals surface area contributed by atoms with E-state index in [1.165, 1.54) is 0 Å². The van der Waals surface area contributed by atoms with Crippen molar-refractivity contribution in [2.24, 2.45) is 0 Å². The number of nitrogens with one attached hydrogen (secondary N) is 1. The second kappa shape index (κ2) is 32.6. The summed E-state index contributed by atoms with van der Waals surface area (Å²) in [5.74, 6) is 0. The molecular weight excluding hydrogens is 450 g/mol. The Labute approximate surface area is 205 Å². The van der Waals surface area contributed by atoms with Crippen molar-refractivity contribution in [3.63, 3.8) is 0 Å². The summed E-state index contributed by atoms with van der Waals surface area (Å²) in [6.45, 7) is 14.2. The Morgan fingerprint density at radius 1 is 0.324 bits per heavy atom. The van der Waals surface area contributed by atoms with Crippen molar-refractivity contribution in [3.8, 4) is 0 Å². The Morgan fingerprint density at radius 3 is 0.735 bits per heavy atom. The Bertz CT molecular complexity index is 324. The Balaban J connectivity index is 2.99. The smallest absolute Gasteiger partial charge is 0.0701 e. The molecule has 0 spiro atoms. The monoisotopic (exact) mass is 499 g/mol. The van der Waals surface area contributed by atoms with Gasteiger partial charge in [-0.15, -0.1) is 0 Å². The molecule has 206 valence electrons. The van der Waals surface area contributed by atoms with Gasteiger partial charge in [-0.3, -0.25) is 0 Å². The Kier molecular flexibility index (Phi) is 32.1. The average Bonchev–Trinajstić information content (AvgIpc) is 2.85. The normalized spacial score (nSPS) is 11.5. The zero-order valence-electron chi connectivity index (χ0n) is 21.4. The van der Waals surface area contributed by atoms with E-state index in [1.54, 1.807) is 0 Å². The molecule has 0 aromatic carbocycles. The van der Waals surface area contributed by atoms with Crippen molar-refractivity contribution < 1.29 is 47.4 Å². The van der Waals surface area contributed by atoms with Crippen LogP contribution >= 0.6 is 0 Å². The van der Waals surface area contributed by atoms with E-state index in [9.17, 15) is 0 Å². The molecule has 11 heteroatoms. The van der Waals surface area contributed by atoms with Crippen LogP contribution in [0.5, 0.6) is 0 Å². The van der Waals surface area contributed by atoms with E-state index in [0.717, 1.165) is 6.54 Å². The summed E-state index contributed by atoms with van der Waals surface area (Å²) < 4.78 is 53.9. The summed E-state index contributed by atoms with van der Waals surface area (Å²) in [7, 11) is 1.90. The third-order valence-electron chi connectivity index (χ3n) is 4.05. The molecule has 0 aromatic heterocycles. The first-order chi connectivity index (χ1) is 16.9. The summed E-state index contributed by atoms with van der Waals surface area (Å²) >= 11 is 0. The topological polar surface area (TPSA) is 104 Å². The molecule has 0 rings (SSSR count). The average molecular weight is 500 g/mol. The van der Waals surface area contributed by atoms with Crippen LogP contribution in [-0.4, -0.2) is 146 Å². The molecule has 0 atom stereocenters. The van der Waals surface area contributed by atoms with E-state index in [0.29, 0.717) is 132 Å². The van der Waals surface area contributed by atoms with E-state index in [4.69, 9.17) is 47.4 Å². The van der Waals surface area contributed by atoms with Gasteiger partial charge in [-0.1, -0.05) is 0 Å². The molecule has 0 aliphatic carbocycles. The van der Waals surface area contributed by atoms with Gasteiger partial charge in [-0.2, -0.15) is 0 Å². The van der Waals surface area contributed by atoms with E-state index < -0.39 is 0 Å². The lowest BCUT2D eigenvalue weighted by molar-refractivity contribution is -0.0262. The quantitative estimate of drug-likeness (QED) is 0.134. The van der Waals surface area contributed by atoms with Gasteiger partial charge in [0.05, 0.1) is 126 Å². The molecular formula is C23H49NO10. The summed E-state index contributed by atoms with van der Waals surface area (Å²) in [4.78, 5) is 0. The van der Waals surface area contributed by atoms with Crippen LogP contribution in [0.25, 0.3) is 0 Å². The van der Waals surface area contributed by atoms with E-state index >= 15 is 0 Å². The maximum atomic E-state index is 5.45. The van der Waals surface area contributed by atoms with Gasteiger partial charge in [0, 0.05) is 13.2 Å². The minimum Gasteiger partial charge on any atom is -0.379 e. The van der Waals surface area contributed by atoms with Crippen LogP contribution < -0.4 is 5.32 Å². The van der Waals surface area contributed by atoms with Crippen LogP contribution in [0.4, 0.5) is 0 Å². The molecule has 0 saturated heterocycles. The lowest BCUT2D eigenvalue weighted by Gasteiger charge is -2.09. The standard InChI is InChI=1S/C23H49NO10/c1-3-25-6-7-27-10-11-29-14-15-31-18-19-33-22-23-34-21-20-32-17-16-30-13-12-28-9-8-26-5-4-24-2/h24H,3-23H2,1-2H3. The Morgan fingerprint density at radius 2 is 0.529 bits per heavy atom. The van der Waals surface area contributed by atoms with Crippen LogP contribution in [0.3, 0.4) is 0 Å². The number of rotatable bonds is 31. The molecule has 0 saturated carbocycles. The lowest BCUT2D eigenvalue weighted by Crippen LogP contribution is -2.17. The number of ether oxygens (including phenoxy) is 10. The lowest BCUT2D eigenvalue weighted by atomic mass is 10.6. The van der Waals surface area contributed by atoms with Crippen molar-refractivity contribution in [1.82, 2.24) is 5.32 Å². The highest BCUT2D eigenvalue weighted by Crippen LogP contribution is 1.86. The first-order valence-electron chi connectivity index (χ1n) is 12.3. The summed E-state index contributed by atoms with van der Waals surface area (Å²) in [6.07, 6.45) is 0. The molecule has 0 radical (unpaired) electrons. The van der Waals surface area contributed by atoms with Crippen molar-refractivity contribution >= 4 is 0 Å². The minimum absolute atomic E-state index is 0.530. The largest absolute Gasteiger partial charge is 0.379 e. The van der Waals surface area contributed by atoms with Crippen LogP contribution in [-0.2, 0) is 47.4 Å². The molecule has 34 heavy (non-hydrogen) atoms. The maximum absolute atomic E-state index is 5.45. The third-order valence-corrected chi connectivity index (χ3v) is 4.05. The van der Waals surface area contributed by atoms with E-state index in [1.807, 2.05) is 14.0 Å². The van der Waals surface area contributed by atoms with Crippen LogP contribution in [0, 0.1) is 0 Å². The molecule has 0 unspecified atom stereocenters. The van der Waals surface area contributed by atoms with Crippen molar-refractivity contribution in [2.45, 2.75) is 6.92 Å². The number of hydrogen-bond donors (Lipinski definition) is 1. The summed E-state index contributed by atoms with van der Waals surface area (Å²) in [5.41, 5.74) is 0. The van der Waals surface area contributed by atoms with Gasteiger partial charge in [0.2, 0.25) is 0 Å². The number of likely N-dealkylation sites (N-methyl/N-ethyl adjacent to an activating group) is 1. The van der Waals surface area contributed by atoms with Crippen molar-refractivity contribution in [2.75, 3.05) is 146 Å². The van der Waals surface area contributed by atoms with Gasteiger partial charge >= 0.3 is 0 Å². The molecule has 0 aliphatic heterocycles. The first-order valence-corrected chi connectivity index (χ1v) is 12.3. The molecule has 0 aliphatic rings. The van der Waals surface area contributed by atoms with Gasteiger partial charge in [0.25, 0.3) is 0 Å². The molecule has 11 nitrogen and oxygen atoms in total. The fourth-order valence-electron chi connectivity index (χ4n) is 2.30. The maximum Gasteiger partial charge on any atom is 0.0701 e. The highest BCUT2D eigenvalue weighted by Gasteiger charge is 1.95. The van der Waals surface area contributed by atoms with Crippen LogP contribution in [0.1, 0.15) is 6.92 Å². The summed E-state index contributed by atoms with van der Waals surface area (Å²) in [5, 5.41) is 3.02. The predicted molar refractivity (Wildman–Crippen MR) is 128 cm³/mol. The minimum atomic E-state index is 0.530. The van der Waals surface area contributed by atoms with Crippen molar-refractivity contribution in [1.29, 1.82) is 0 Å².